The van der Waals surface area contributed by atoms with E-state index in [9.17, 15) is 0 Å². The molecule has 2 heterocycles. The summed E-state index contributed by atoms with van der Waals surface area (Å²) < 4.78 is 0. The van der Waals surface area contributed by atoms with Gasteiger partial charge in [0.2, 0.25) is 0 Å². The van der Waals surface area contributed by atoms with Gasteiger partial charge in [-0.25, -0.2) is 0 Å². The van der Waals surface area contributed by atoms with E-state index >= 15 is 0 Å². The second kappa shape index (κ2) is 6.83. The molecule has 1 fully saturated rings. The number of pyridine rings is 1. The van der Waals surface area contributed by atoms with Crippen molar-refractivity contribution in [1.29, 1.82) is 0 Å². The van der Waals surface area contributed by atoms with Gasteiger partial charge in [0.05, 0.1) is 0 Å². The molecule has 1 aromatic carbocycles. The van der Waals surface area contributed by atoms with Gasteiger partial charge in [0, 0.05) is 18.9 Å². The molecule has 0 aliphatic carbocycles. The standard InChI is InChI=1S/C18H23N3/c19-8-5-15-3-4-17(14-21-11-1-2-12-21)18(13-15)16-6-9-20-10-7-16/h3-4,6-7,9-10,13H,1-2,5,8,11-12,14,19H2. The van der Waals surface area contributed by atoms with Gasteiger partial charge in [-0.2, -0.15) is 0 Å². The molecule has 1 saturated heterocycles. The van der Waals surface area contributed by atoms with Crippen molar-refractivity contribution in [2.24, 2.45) is 5.73 Å². The van der Waals surface area contributed by atoms with E-state index < -0.39 is 0 Å². The van der Waals surface area contributed by atoms with Crippen molar-refractivity contribution in [3.05, 3.63) is 53.9 Å². The third kappa shape index (κ3) is 3.49. The Morgan fingerprint density at radius 2 is 1.81 bits per heavy atom. The summed E-state index contributed by atoms with van der Waals surface area (Å²) in [6.07, 6.45) is 7.32. The maximum Gasteiger partial charge on any atom is 0.0273 e. The lowest BCUT2D eigenvalue weighted by Gasteiger charge is -2.18. The molecular weight excluding hydrogens is 258 g/mol. The maximum absolute atomic E-state index is 5.70. The van der Waals surface area contributed by atoms with Gasteiger partial charge in [-0.05, 0) is 73.3 Å². The Morgan fingerprint density at radius 1 is 1.05 bits per heavy atom. The molecule has 1 aliphatic heterocycles. The van der Waals surface area contributed by atoms with Crippen LogP contribution in [0.25, 0.3) is 11.1 Å². The molecule has 0 amide bonds. The Bertz CT molecular complexity index is 574. The molecule has 2 aromatic rings. The smallest absolute Gasteiger partial charge is 0.0273 e. The number of rotatable bonds is 5. The first-order valence-corrected chi connectivity index (χ1v) is 7.81. The highest BCUT2D eigenvalue weighted by atomic mass is 15.1. The SMILES string of the molecule is NCCc1ccc(CN2CCCC2)c(-c2ccncc2)c1. The first-order chi connectivity index (χ1) is 10.4. The normalized spacial score (nSPS) is 15.5. The van der Waals surface area contributed by atoms with Gasteiger partial charge in [-0.3, -0.25) is 9.88 Å². The van der Waals surface area contributed by atoms with E-state index in [1.54, 1.807) is 0 Å². The summed E-state index contributed by atoms with van der Waals surface area (Å²) in [5, 5.41) is 0. The minimum Gasteiger partial charge on any atom is -0.330 e. The summed E-state index contributed by atoms with van der Waals surface area (Å²) >= 11 is 0. The average molecular weight is 281 g/mol. The molecule has 0 radical (unpaired) electrons. The Hall–Kier alpha value is -1.71. The highest BCUT2D eigenvalue weighted by Gasteiger charge is 2.14. The first-order valence-electron chi connectivity index (χ1n) is 7.81. The van der Waals surface area contributed by atoms with E-state index in [4.69, 9.17) is 5.73 Å². The fraction of sp³-hybridized carbons (Fsp3) is 0.389. The minimum absolute atomic E-state index is 0.696. The highest BCUT2D eigenvalue weighted by molar-refractivity contribution is 5.67. The Balaban J connectivity index is 1.93. The molecule has 2 N–H and O–H groups in total. The van der Waals surface area contributed by atoms with Crippen molar-refractivity contribution in [2.45, 2.75) is 25.8 Å². The van der Waals surface area contributed by atoms with Crippen LogP contribution in [0.5, 0.6) is 0 Å². The van der Waals surface area contributed by atoms with Crippen molar-refractivity contribution in [3.8, 4) is 11.1 Å². The number of hydrogen-bond acceptors (Lipinski definition) is 3. The van der Waals surface area contributed by atoms with Crippen LogP contribution in [0.4, 0.5) is 0 Å². The molecule has 3 rings (SSSR count). The summed E-state index contributed by atoms with van der Waals surface area (Å²) in [6, 6.07) is 11.0. The fourth-order valence-corrected chi connectivity index (χ4v) is 3.07. The minimum atomic E-state index is 0.696. The van der Waals surface area contributed by atoms with Crippen molar-refractivity contribution < 1.29 is 0 Å². The number of nitrogens with two attached hydrogens (primary N) is 1. The van der Waals surface area contributed by atoms with Crippen molar-refractivity contribution in [2.75, 3.05) is 19.6 Å². The van der Waals surface area contributed by atoms with Crippen LogP contribution in [-0.4, -0.2) is 29.5 Å². The lowest BCUT2D eigenvalue weighted by molar-refractivity contribution is 0.332. The third-order valence-corrected chi connectivity index (χ3v) is 4.19. The van der Waals surface area contributed by atoms with Crippen LogP contribution in [-0.2, 0) is 13.0 Å². The maximum atomic E-state index is 5.70. The Labute approximate surface area is 126 Å². The van der Waals surface area contributed by atoms with Gasteiger partial charge in [-0.1, -0.05) is 18.2 Å². The van der Waals surface area contributed by atoms with Gasteiger partial charge >= 0.3 is 0 Å². The summed E-state index contributed by atoms with van der Waals surface area (Å²) in [4.78, 5) is 6.68. The summed E-state index contributed by atoms with van der Waals surface area (Å²) in [7, 11) is 0. The predicted molar refractivity (Wildman–Crippen MR) is 86.9 cm³/mol. The molecule has 3 nitrogen and oxygen atoms in total. The summed E-state index contributed by atoms with van der Waals surface area (Å²) in [5.74, 6) is 0. The largest absolute Gasteiger partial charge is 0.330 e. The molecule has 110 valence electrons. The number of likely N-dealkylation sites (tertiary alicyclic amines) is 1. The van der Waals surface area contributed by atoms with Crippen LogP contribution < -0.4 is 5.73 Å². The molecule has 21 heavy (non-hydrogen) atoms. The quantitative estimate of drug-likeness (QED) is 0.916. The molecular formula is C18H23N3. The van der Waals surface area contributed by atoms with Gasteiger partial charge in [-0.15, -0.1) is 0 Å². The van der Waals surface area contributed by atoms with Gasteiger partial charge in [0.1, 0.15) is 0 Å². The zero-order valence-electron chi connectivity index (χ0n) is 12.5. The van der Waals surface area contributed by atoms with Crippen LogP contribution in [0.2, 0.25) is 0 Å². The number of hydrogen-bond donors (Lipinski definition) is 1. The molecule has 1 aromatic heterocycles. The van der Waals surface area contributed by atoms with E-state index in [0.29, 0.717) is 6.54 Å². The van der Waals surface area contributed by atoms with Gasteiger partial charge < -0.3 is 5.73 Å². The first kappa shape index (κ1) is 14.2. The number of aromatic nitrogens is 1. The average Bonchev–Trinajstić information content (AvgIpc) is 3.03. The van der Waals surface area contributed by atoms with Crippen molar-refractivity contribution in [1.82, 2.24) is 9.88 Å². The second-order valence-electron chi connectivity index (χ2n) is 5.75. The fourth-order valence-electron chi connectivity index (χ4n) is 3.07. The molecule has 0 unspecified atom stereocenters. The Kier molecular flexibility index (Phi) is 4.63. The molecule has 0 spiro atoms. The molecule has 0 atom stereocenters. The molecule has 1 aliphatic rings. The third-order valence-electron chi connectivity index (χ3n) is 4.19. The van der Waals surface area contributed by atoms with Crippen LogP contribution in [0, 0.1) is 0 Å². The zero-order valence-corrected chi connectivity index (χ0v) is 12.5. The van der Waals surface area contributed by atoms with Crippen molar-refractivity contribution in [3.63, 3.8) is 0 Å². The number of benzene rings is 1. The van der Waals surface area contributed by atoms with Crippen LogP contribution >= 0.6 is 0 Å². The second-order valence-corrected chi connectivity index (χ2v) is 5.75. The van der Waals surface area contributed by atoms with Crippen LogP contribution in [0.15, 0.2) is 42.7 Å². The topological polar surface area (TPSA) is 42.1 Å². The number of nitrogens with zero attached hydrogens (tertiary/aromatic N) is 2. The summed E-state index contributed by atoms with van der Waals surface area (Å²) in [6.45, 7) is 4.18. The van der Waals surface area contributed by atoms with E-state index in [1.807, 2.05) is 12.4 Å². The van der Waals surface area contributed by atoms with E-state index in [0.717, 1.165) is 13.0 Å². The summed E-state index contributed by atoms with van der Waals surface area (Å²) in [5.41, 5.74) is 11.0. The highest BCUT2D eigenvalue weighted by Crippen LogP contribution is 2.27. The van der Waals surface area contributed by atoms with E-state index in [1.165, 1.54) is 48.2 Å². The van der Waals surface area contributed by atoms with E-state index in [2.05, 4.69) is 40.2 Å². The lowest BCUT2D eigenvalue weighted by Crippen LogP contribution is -2.19. The van der Waals surface area contributed by atoms with Crippen LogP contribution in [0.1, 0.15) is 24.0 Å². The molecule has 0 saturated carbocycles. The molecule has 0 bridgehead atoms. The zero-order chi connectivity index (χ0) is 14.5. The van der Waals surface area contributed by atoms with Crippen LogP contribution in [0.3, 0.4) is 0 Å². The Morgan fingerprint density at radius 3 is 2.52 bits per heavy atom. The van der Waals surface area contributed by atoms with Gasteiger partial charge in [0.25, 0.3) is 0 Å². The monoisotopic (exact) mass is 281 g/mol. The van der Waals surface area contributed by atoms with Crippen molar-refractivity contribution >= 4 is 0 Å². The van der Waals surface area contributed by atoms with Gasteiger partial charge in [0.15, 0.2) is 0 Å². The van der Waals surface area contributed by atoms with E-state index in [-0.39, 0.29) is 0 Å². The molecule has 3 heteroatoms. The predicted octanol–water partition coefficient (Wildman–Crippen LogP) is 2.85. The lowest BCUT2D eigenvalue weighted by atomic mass is 9.96.